The molecule has 0 spiro atoms. The fraction of sp³-hybridized carbons (Fsp3) is 0.600. The average Bonchev–Trinajstić information content (AvgIpc) is 2.88. The molecule has 2 rings (SSSR count). The standard InChI is InChI=1S/C15H23FN2/c1-2-3-8-17-12-13-6-7-15(14(16)11-13)18-9-4-5-10-18/h6-7,11,17H,2-5,8-10,12H2,1H3. The van der Waals surface area contributed by atoms with E-state index in [0.29, 0.717) is 0 Å². The second kappa shape index (κ2) is 6.74. The van der Waals surface area contributed by atoms with Gasteiger partial charge in [-0.1, -0.05) is 19.4 Å². The molecule has 0 atom stereocenters. The van der Waals surface area contributed by atoms with Gasteiger partial charge in [0.05, 0.1) is 5.69 Å². The van der Waals surface area contributed by atoms with Gasteiger partial charge in [0.15, 0.2) is 0 Å². The fourth-order valence-corrected chi connectivity index (χ4v) is 2.41. The zero-order valence-corrected chi connectivity index (χ0v) is 11.2. The molecule has 0 amide bonds. The lowest BCUT2D eigenvalue weighted by Gasteiger charge is -2.18. The lowest BCUT2D eigenvalue weighted by Crippen LogP contribution is -2.19. The molecule has 1 N–H and O–H groups in total. The summed E-state index contributed by atoms with van der Waals surface area (Å²) < 4.78 is 14.0. The van der Waals surface area contributed by atoms with E-state index in [2.05, 4.69) is 17.1 Å². The summed E-state index contributed by atoms with van der Waals surface area (Å²) in [6, 6.07) is 5.64. The highest BCUT2D eigenvalue weighted by Crippen LogP contribution is 2.24. The van der Waals surface area contributed by atoms with Gasteiger partial charge in [0.2, 0.25) is 0 Å². The summed E-state index contributed by atoms with van der Waals surface area (Å²) in [6.07, 6.45) is 4.73. The molecule has 0 aliphatic carbocycles. The zero-order chi connectivity index (χ0) is 12.8. The molecule has 0 aromatic heterocycles. The molecule has 18 heavy (non-hydrogen) atoms. The molecular formula is C15H23FN2. The summed E-state index contributed by atoms with van der Waals surface area (Å²) in [5.41, 5.74) is 1.80. The van der Waals surface area contributed by atoms with Gasteiger partial charge in [-0.2, -0.15) is 0 Å². The van der Waals surface area contributed by atoms with E-state index in [-0.39, 0.29) is 5.82 Å². The summed E-state index contributed by atoms with van der Waals surface area (Å²) in [7, 11) is 0. The van der Waals surface area contributed by atoms with Crippen molar-refractivity contribution in [2.45, 2.75) is 39.2 Å². The molecule has 1 heterocycles. The highest BCUT2D eigenvalue weighted by Gasteiger charge is 2.15. The molecule has 1 aromatic rings. The lowest BCUT2D eigenvalue weighted by atomic mass is 10.2. The van der Waals surface area contributed by atoms with Crippen LogP contribution in [-0.2, 0) is 6.54 Å². The van der Waals surface area contributed by atoms with Gasteiger partial charge in [0, 0.05) is 19.6 Å². The number of benzene rings is 1. The fourth-order valence-electron chi connectivity index (χ4n) is 2.41. The SMILES string of the molecule is CCCCNCc1ccc(N2CCCC2)c(F)c1. The van der Waals surface area contributed by atoms with Gasteiger partial charge in [0.1, 0.15) is 5.82 Å². The average molecular weight is 250 g/mol. The molecular weight excluding hydrogens is 227 g/mol. The largest absolute Gasteiger partial charge is 0.369 e. The van der Waals surface area contributed by atoms with Crippen LogP contribution < -0.4 is 10.2 Å². The Morgan fingerprint density at radius 2 is 2.06 bits per heavy atom. The minimum absolute atomic E-state index is 0.0771. The van der Waals surface area contributed by atoms with Crippen LogP contribution in [0.25, 0.3) is 0 Å². The van der Waals surface area contributed by atoms with Crippen LogP contribution in [0.1, 0.15) is 38.2 Å². The normalized spacial score (nSPS) is 15.3. The maximum absolute atomic E-state index is 14.0. The van der Waals surface area contributed by atoms with Crippen molar-refractivity contribution in [2.24, 2.45) is 0 Å². The number of hydrogen-bond acceptors (Lipinski definition) is 2. The van der Waals surface area contributed by atoms with E-state index in [1.54, 1.807) is 6.07 Å². The van der Waals surface area contributed by atoms with E-state index >= 15 is 0 Å². The van der Waals surface area contributed by atoms with Crippen molar-refractivity contribution in [1.82, 2.24) is 5.32 Å². The Morgan fingerprint density at radius 3 is 2.72 bits per heavy atom. The highest BCUT2D eigenvalue weighted by atomic mass is 19.1. The van der Waals surface area contributed by atoms with Crippen molar-refractivity contribution in [2.75, 3.05) is 24.5 Å². The first-order chi connectivity index (χ1) is 8.81. The van der Waals surface area contributed by atoms with E-state index in [1.807, 2.05) is 12.1 Å². The molecule has 0 bridgehead atoms. The van der Waals surface area contributed by atoms with Crippen molar-refractivity contribution in [3.63, 3.8) is 0 Å². The number of rotatable bonds is 6. The summed E-state index contributed by atoms with van der Waals surface area (Å²) >= 11 is 0. The van der Waals surface area contributed by atoms with Crippen LogP contribution in [0.3, 0.4) is 0 Å². The topological polar surface area (TPSA) is 15.3 Å². The van der Waals surface area contributed by atoms with Gasteiger partial charge in [-0.05, 0) is 43.5 Å². The first kappa shape index (κ1) is 13.3. The van der Waals surface area contributed by atoms with Crippen molar-refractivity contribution in [3.8, 4) is 0 Å². The third kappa shape index (κ3) is 3.45. The van der Waals surface area contributed by atoms with Crippen LogP contribution in [0.4, 0.5) is 10.1 Å². The minimum Gasteiger partial charge on any atom is -0.369 e. The second-order valence-corrected chi connectivity index (χ2v) is 5.01. The summed E-state index contributed by atoms with van der Waals surface area (Å²) in [6.45, 7) is 5.92. The molecule has 100 valence electrons. The first-order valence-corrected chi connectivity index (χ1v) is 7.05. The number of nitrogens with one attached hydrogen (secondary N) is 1. The van der Waals surface area contributed by atoms with Crippen LogP contribution in [0, 0.1) is 5.82 Å². The van der Waals surface area contributed by atoms with Crippen LogP contribution in [0.2, 0.25) is 0 Å². The highest BCUT2D eigenvalue weighted by molar-refractivity contribution is 5.49. The van der Waals surface area contributed by atoms with E-state index < -0.39 is 0 Å². The van der Waals surface area contributed by atoms with E-state index in [0.717, 1.165) is 37.4 Å². The molecule has 0 unspecified atom stereocenters. The summed E-state index contributed by atoms with van der Waals surface area (Å²) in [5.74, 6) is -0.0771. The number of halogens is 1. The molecule has 0 radical (unpaired) electrons. The van der Waals surface area contributed by atoms with Gasteiger partial charge in [0.25, 0.3) is 0 Å². The van der Waals surface area contributed by atoms with E-state index in [9.17, 15) is 4.39 Å². The number of unbranched alkanes of at least 4 members (excludes halogenated alkanes) is 1. The number of hydrogen-bond donors (Lipinski definition) is 1. The molecule has 2 nitrogen and oxygen atoms in total. The van der Waals surface area contributed by atoms with Crippen LogP contribution in [0.5, 0.6) is 0 Å². The Hall–Kier alpha value is -1.09. The Labute approximate surface area is 109 Å². The van der Waals surface area contributed by atoms with E-state index in [1.165, 1.54) is 25.7 Å². The first-order valence-electron chi connectivity index (χ1n) is 7.05. The lowest BCUT2D eigenvalue weighted by molar-refractivity contribution is 0.611. The predicted molar refractivity (Wildman–Crippen MR) is 74.5 cm³/mol. The van der Waals surface area contributed by atoms with Crippen LogP contribution >= 0.6 is 0 Å². The maximum Gasteiger partial charge on any atom is 0.146 e. The zero-order valence-electron chi connectivity index (χ0n) is 11.2. The monoisotopic (exact) mass is 250 g/mol. The molecule has 3 heteroatoms. The molecule has 1 aliphatic heterocycles. The Balaban J connectivity index is 1.92. The van der Waals surface area contributed by atoms with Crippen molar-refractivity contribution < 1.29 is 4.39 Å². The van der Waals surface area contributed by atoms with Crippen molar-refractivity contribution in [3.05, 3.63) is 29.6 Å². The third-order valence-electron chi connectivity index (χ3n) is 3.50. The van der Waals surface area contributed by atoms with Gasteiger partial charge >= 0.3 is 0 Å². The van der Waals surface area contributed by atoms with Gasteiger partial charge < -0.3 is 10.2 Å². The quantitative estimate of drug-likeness (QED) is 0.779. The Kier molecular flexibility index (Phi) is 5.00. The van der Waals surface area contributed by atoms with Crippen molar-refractivity contribution >= 4 is 5.69 Å². The van der Waals surface area contributed by atoms with Crippen LogP contribution in [0.15, 0.2) is 18.2 Å². The third-order valence-corrected chi connectivity index (χ3v) is 3.50. The maximum atomic E-state index is 14.0. The molecule has 1 saturated heterocycles. The molecule has 1 fully saturated rings. The van der Waals surface area contributed by atoms with Gasteiger partial charge in [-0.3, -0.25) is 0 Å². The molecule has 1 aromatic carbocycles. The molecule has 1 aliphatic rings. The number of nitrogens with zero attached hydrogens (tertiary/aromatic N) is 1. The Bertz CT molecular complexity index is 373. The second-order valence-electron chi connectivity index (χ2n) is 5.01. The Morgan fingerprint density at radius 1 is 1.28 bits per heavy atom. The van der Waals surface area contributed by atoms with E-state index in [4.69, 9.17) is 0 Å². The van der Waals surface area contributed by atoms with Crippen LogP contribution in [-0.4, -0.2) is 19.6 Å². The van der Waals surface area contributed by atoms with Gasteiger partial charge in [-0.15, -0.1) is 0 Å². The minimum atomic E-state index is -0.0771. The van der Waals surface area contributed by atoms with Gasteiger partial charge in [-0.25, -0.2) is 4.39 Å². The molecule has 0 saturated carbocycles. The smallest absolute Gasteiger partial charge is 0.146 e. The number of anilines is 1. The summed E-state index contributed by atoms with van der Waals surface area (Å²) in [5, 5.41) is 3.34. The summed E-state index contributed by atoms with van der Waals surface area (Å²) in [4.78, 5) is 2.14. The predicted octanol–water partition coefficient (Wildman–Crippen LogP) is 3.32. The van der Waals surface area contributed by atoms with Crippen molar-refractivity contribution in [1.29, 1.82) is 0 Å².